The fourth-order valence-corrected chi connectivity index (χ4v) is 2.10. The molecule has 1 aromatic rings. The summed E-state index contributed by atoms with van der Waals surface area (Å²) < 4.78 is 38.1. The van der Waals surface area contributed by atoms with E-state index in [1.807, 2.05) is 13.8 Å². The lowest BCUT2D eigenvalue weighted by Gasteiger charge is -2.26. The van der Waals surface area contributed by atoms with Crippen LogP contribution in [0.25, 0.3) is 0 Å². The number of anilines is 1. The third-order valence-corrected chi connectivity index (χ3v) is 3.30. The van der Waals surface area contributed by atoms with Crippen LogP contribution in [0.15, 0.2) is 12.1 Å². The lowest BCUT2D eigenvalue weighted by atomic mass is 10.1. The number of pyridine rings is 1. The Balaban J connectivity index is 2.34. The number of hydrogen-bond acceptors (Lipinski definition) is 3. The lowest BCUT2D eigenvalue weighted by Crippen LogP contribution is -2.36. The molecule has 0 aromatic carbocycles. The van der Waals surface area contributed by atoms with E-state index in [1.165, 1.54) is 4.90 Å². The van der Waals surface area contributed by atoms with Crippen LogP contribution in [0.2, 0.25) is 0 Å². The van der Waals surface area contributed by atoms with Gasteiger partial charge in [0.2, 0.25) is 0 Å². The number of rotatable bonds is 5. The van der Waals surface area contributed by atoms with Gasteiger partial charge in [-0.2, -0.15) is 13.2 Å². The maximum absolute atomic E-state index is 12.7. The predicted molar refractivity (Wildman–Crippen MR) is 70.7 cm³/mol. The molecular formula is C14H19F3N2O. The van der Waals surface area contributed by atoms with Crippen LogP contribution in [0.4, 0.5) is 19.0 Å². The molecule has 1 aromatic heterocycles. The normalized spacial score (nSPS) is 15.8. The summed E-state index contributed by atoms with van der Waals surface area (Å²) in [5.41, 5.74) is 1.31. The van der Waals surface area contributed by atoms with Crippen LogP contribution >= 0.6 is 0 Å². The van der Waals surface area contributed by atoms with E-state index in [1.54, 1.807) is 12.1 Å². The van der Waals surface area contributed by atoms with Gasteiger partial charge >= 0.3 is 6.18 Å². The summed E-state index contributed by atoms with van der Waals surface area (Å²) in [6, 6.07) is 3.21. The summed E-state index contributed by atoms with van der Waals surface area (Å²) in [5.74, 6) is 0.423. The first-order chi connectivity index (χ1) is 9.30. The van der Waals surface area contributed by atoms with Gasteiger partial charge in [0.25, 0.3) is 0 Å². The average Bonchev–Trinajstić information content (AvgIpc) is 3.18. The van der Waals surface area contributed by atoms with Crippen molar-refractivity contribution in [3.63, 3.8) is 0 Å². The Morgan fingerprint density at radius 3 is 2.45 bits per heavy atom. The second-order valence-electron chi connectivity index (χ2n) is 5.55. The molecule has 1 aliphatic rings. The van der Waals surface area contributed by atoms with Gasteiger partial charge in [0, 0.05) is 11.7 Å². The van der Waals surface area contributed by atoms with Gasteiger partial charge in [0.05, 0.1) is 6.61 Å². The van der Waals surface area contributed by atoms with Crippen molar-refractivity contribution in [1.82, 2.24) is 4.98 Å². The molecule has 0 bridgehead atoms. The zero-order valence-corrected chi connectivity index (χ0v) is 11.6. The Kier molecular flexibility index (Phi) is 4.22. The second-order valence-corrected chi connectivity index (χ2v) is 5.55. The highest BCUT2D eigenvalue weighted by atomic mass is 19.4. The second kappa shape index (κ2) is 5.60. The van der Waals surface area contributed by atoms with Crippen LogP contribution in [-0.2, 0) is 6.61 Å². The van der Waals surface area contributed by atoms with Crippen LogP contribution in [0, 0.1) is 0 Å². The highest BCUT2D eigenvalue weighted by Crippen LogP contribution is 2.34. The summed E-state index contributed by atoms with van der Waals surface area (Å²) in [5, 5.41) is 9.27. The molecule has 0 spiro atoms. The zero-order valence-electron chi connectivity index (χ0n) is 11.6. The molecule has 0 amide bonds. The molecule has 6 heteroatoms. The molecule has 0 unspecified atom stereocenters. The van der Waals surface area contributed by atoms with E-state index in [0.29, 0.717) is 17.1 Å². The first-order valence-corrected chi connectivity index (χ1v) is 6.75. The molecule has 0 atom stereocenters. The number of halogens is 3. The van der Waals surface area contributed by atoms with Crippen LogP contribution in [0.5, 0.6) is 0 Å². The molecule has 1 heterocycles. The number of aliphatic hydroxyl groups is 1. The molecule has 1 aliphatic carbocycles. The molecule has 1 fully saturated rings. The monoisotopic (exact) mass is 288 g/mol. The van der Waals surface area contributed by atoms with Gasteiger partial charge in [-0.25, -0.2) is 4.98 Å². The van der Waals surface area contributed by atoms with E-state index in [-0.39, 0.29) is 18.6 Å². The molecule has 0 aliphatic heterocycles. The highest BCUT2D eigenvalue weighted by molar-refractivity contribution is 5.45. The van der Waals surface area contributed by atoms with E-state index in [2.05, 4.69) is 4.98 Å². The largest absolute Gasteiger partial charge is 0.405 e. The summed E-state index contributed by atoms with van der Waals surface area (Å²) in [7, 11) is 0. The molecule has 0 radical (unpaired) electrons. The summed E-state index contributed by atoms with van der Waals surface area (Å²) in [6.45, 7) is 2.67. The molecule has 1 N–H and O–H groups in total. The van der Waals surface area contributed by atoms with Gasteiger partial charge in [-0.05, 0) is 36.5 Å². The summed E-state index contributed by atoms with van der Waals surface area (Å²) >= 11 is 0. The molecule has 1 saturated carbocycles. The van der Waals surface area contributed by atoms with E-state index in [9.17, 15) is 18.3 Å². The number of nitrogens with zero attached hydrogens (tertiary/aromatic N) is 2. The third-order valence-electron chi connectivity index (χ3n) is 3.30. The maximum Gasteiger partial charge on any atom is 0.405 e. The molecule has 2 rings (SSSR count). The molecule has 20 heavy (non-hydrogen) atoms. The Morgan fingerprint density at radius 1 is 1.35 bits per heavy atom. The molecule has 3 nitrogen and oxygen atoms in total. The fraction of sp³-hybridized carbons (Fsp3) is 0.643. The van der Waals surface area contributed by atoms with Crippen molar-refractivity contribution in [2.75, 3.05) is 11.4 Å². The maximum atomic E-state index is 12.7. The first kappa shape index (κ1) is 15.1. The van der Waals surface area contributed by atoms with E-state index in [0.717, 1.165) is 12.8 Å². The van der Waals surface area contributed by atoms with Gasteiger partial charge in [0.15, 0.2) is 0 Å². The van der Waals surface area contributed by atoms with Gasteiger partial charge < -0.3 is 10.0 Å². The number of aromatic nitrogens is 1. The Bertz CT molecular complexity index is 470. The molecule has 0 saturated heterocycles. The standard InChI is InChI=1S/C14H19F3N2O/c1-9(2)12-5-10(7-20)6-13(18-12)19(11-3-4-11)8-14(15,16)17/h5-6,9,11,20H,3-4,7-8H2,1-2H3. The minimum atomic E-state index is -4.25. The van der Waals surface area contributed by atoms with Gasteiger partial charge in [-0.1, -0.05) is 13.8 Å². The smallest absolute Gasteiger partial charge is 0.392 e. The topological polar surface area (TPSA) is 36.4 Å². The third kappa shape index (κ3) is 3.85. The van der Waals surface area contributed by atoms with Crippen molar-refractivity contribution >= 4 is 5.82 Å². The van der Waals surface area contributed by atoms with Crippen LogP contribution in [0.3, 0.4) is 0 Å². The van der Waals surface area contributed by atoms with Crippen LogP contribution < -0.4 is 4.90 Å². The predicted octanol–water partition coefficient (Wildman–Crippen LogP) is 3.23. The average molecular weight is 288 g/mol. The summed E-state index contributed by atoms with van der Waals surface area (Å²) in [4.78, 5) is 5.65. The SMILES string of the molecule is CC(C)c1cc(CO)cc(N(CC(F)(F)F)C2CC2)n1. The van der Waals surface area contributed by atoms with E-state index in [4.69, 9.17) is 0 Å². The quantitative estimate of drug-likeness (QED) is 0.903. The van der Waals surface area contributed by atoms with E-state index >= 15 is 0 Å². The Hall–Kier alpha value is -1.30. The molecule has 112 valence electrons. The lowest BCUT2D eigenvalue weighted by molar-refractivity contribution is -0.120. The van der Waals surface area contributed by atoms with Crippen molar-refractivity contribution < 1.29 is 18.3 Å². The number of alkyl halides is 3. The van der Waals surface area contributed by atoms with Crippen molar-refractivity contribution in [2.45, 2.75) is 51.4 Å². The number of hydrogen-bond donors (Lipinski definition) is 1. The minimum Gasteiger partial charge on any atom is -0.392 e. The van der Waals surface area contributed by atoms with Gasteiger partial charge in [0.1, 0.15) is 12.4 Å². The van der Waals surface area contributed by atoms with Crippen molar-refractivity contribution in [2.24, 2.45) is 0 Å². The van der Waals surface area contributed by atoms with Crippen LogP contribution in [-0.4, -0.2) is 28.9 Å². The Morgan fingerprint density at radius 2 is 2.00 bits per heavy atom. The summed E-state index contributed by atoms with van der Waals surface area (Å²) in [6.07, 6.45) is -2.73. The van der Waals surface area contributed by atoms with Crippen molar-refractivity contribution in [3.8, 4) is 0 Å². The zero-order chi connectivity index (χ0) is 14.9. The first-order valence-electron chi connectivity index (χ1n) is 6.75. The molecular weight excluding hydrogens is 269 g/mol. The fourth-order valence-electron chi connectivity index (χ4n) is 2.10. The van der Waals surface area contributed by atoms with Gasteiger partial charge in [-0.3, -0.25) is 0 Å². The Labute approximate surface area is 116 Å². The van der Waals surface area contributed by atoms with Crippen molar-refractivity contribution in [1.29, 1.82) is 0 Å². The number of aliphatic hydroxyl groups excluding tert-OH is 1. The van der Waals surface area contributed by atoms with Gasteiger partial charge in [-0.15, -0.1) is 0 Å². The minimum absolute atomic E-state index is 0.0851. The van der Waals surface area contributed by atoms with E-state index < -0.39 is 12.7 Å². The van der Waals surface area contributed by atoms with Crippen molar-refractivity contribution in [3.05, 3.63) is 23.4 Å². The highest BCUT2D eigenvalue weighted by Gasteiger charge is 2.39. The van der Waals surface area contributed by atoms with Crippen LogP contribution in [0.1, 0.15) is 43.9 Å².